The van der Waals surface area contributed by atoms with Crippen LogP contribution < -0.4 is 0 Å². The molecule has 2 aliphatic carbocycles. The van der Waals surface area contributed by atoms with Gasteiger partial charge in [0, 0.05) is 17.9 Å². The highest BCUT2D eigenvalue weighted by Crippen LogP contribution is 2.61. The molecule has 0 aromatic rings. The molecule has 1 saturated heterocycles. The highest BCUT2D eigenvalue weighted by Gasteiger charge is 2.74. The maximum absolute atomic E-state index is 11.9. The monoisotopic (exact) mass is 269 g/mol. The van der Waals surface area contributed by atoms with Gasteiger partial charge in [-0.15, -0.1) is 0 Å². The van der Waals surface area contributed by atoms with Crippen molar-refractivity contribution in [3.05, 3.63) is 12.7 Å². The van der Waals surface area contributed by atoms with E-state index in [1.165, 1.54) is 0 Å². The number of esters is 1. The van der Waals surface area contributed by atoms with Crippen LogP contribution in [-0.4, -0.2) is 31.3 Å². The Balaban J connectivity index is 1.97. The van der Waals surface area contributed by atoms with Gasteiger partial charge in [0.2, 0.25) is 0 Å². The van der Waals surface area contributed by atoms with Crippen LogP contribution in [0.4, 0.5) is 0 Å². The number of hydrogen-bond donors (Lipinski definition) is 0. The quantitative estimate of drug-likeness (QED) is 0.401. The van der Waals surface area contributed by atoms with Gasteiger partial charge in [0.1, 0.15) is 12.2 Å². The van der Waals surface area contributed by atoms with Crippen LogP contribution in [0.3, 0.4) is 0 Å². The molecular formula is C11H11NO5S. The molecule has 5 unspecified atom stereocenters. The summed E-state index contributed by atoms with van der Waals surface area (Å²) in [4.78, 5) is 11.2. The van der Waals surface area contributed by atoms with Crippen LogP contribution in [0.5, 0.6) is 0 Å². The molecule has 1 heterocycles. The lowest BCUT2D eigenvalue weighted by Crippen LogP contribution is -2.43. The highest BCUT2D eigenvalue weighted by atomic mass is 32.2. The third-order valence-corrected chi connectivity index (χ3v) is 6.13. The summed E-state index contributed by atoms with van der Waals surface area (Å²) in [7, 11) is -3.90. The number of carbonyl (C=O) groups is 1. The zero-order chi connectivity index (χ0) is 13.1. The Labute approximate surface area is 104 Å². The third kappa shape index (κ3) is 1.15. The Morgan fingerprint density at radius 3 is 2.94 bits per heavy atom. The molecule has 96 valence electrons. The van der Waals surface area contributed by atoms with Crippen LogP contribution in [0.1, 0.15) is 12.8 Å². The molecule has 7 heteroatoms. The van der Waals surface area contributed by atoms with Crippen molar-refractivity contribution in [3.63, 3.8) is 0 Å². The van der Waals surface area contributed by atoms with E-state index >= 15 is 0 Å². The molecule has 3 rings (SSSR count). The second-order valence-electron chi connectivity index (χ2n) is 4.93. The Hall–Kier alpha value is -1.39. The summed E-state index contributed by atoms with van der Waals surface area (Å²) < 4.78 is 32.6. The van der Waals surface area contributed by atoms with E-state index in [-0.39, 0.29) is 18.3 Å². The van der Waals surface area contributed by atoms with Crippen molar-refractivity contribution >= 4 is 16.1 Å². The number of nitriles is 1. The van der Waals surface area contributed by atoms with Crippen molar-refractivity contribution < 1.29 is 22.1 Å². The van der Waals surface area contributed by atoms with Gasteiger partial charge in [-0.2, -0.15) is 13.7 Å². The fourth-order valence-corrected chi connectivity index (χ4v) is 5.30. The van der Waals surface area contributed by atoms with E-state index in [9.17, 15) is 18.5 Å². The van der Waals surface area contributed by atoms with Gasteiger partial charge >= 0.3 is 5.97 Å². The summed E-state index contributed by atoms with van der Waals surface area (Å²) in [6.07, 6.45) is 0.471. The fourth-order valence-electron chi connectivity index (χ4n) is 3.46. The van der Waals surface area contributed by atoms with E-state index in [4.69, 9.17) is 8.92 Å². The minimum atomic E-state index is -3.90. The number of carbonyl (C=O) groups excluding carboxylic acids is 1. The van der Waals surface area contributed by atoms with Crippen LogP contribution in [0.2, 0.25) is 0 Å². The maximum atomic E-state index is 11.9. The highest BCUT2D eigenvalue weighted by molar-refractivity contribution is 7.88. The van der Waals surface area contributed by atoms with E-state index in [1.54, 1.807) is 0 Å². The molecule has 18 heavy (non-hydrogen) atoms. The number of hydrogen-bond acceptors (Lipinski definition) is 6. The number of rotatable bonds is 2. The van der Waals surface area contributed by atoms with Gasteiger partial charge < -0.3 is 4.74 Å². The lowest BCUT2D eigenvalue weighted by atomic mass is 9.85. The standard InChI is InChI=1S/C11H11NO5S/c1-2-8(13)16-9-6-3-7-10(9)17-18(14,15)11(7,4-6)5-12/h2,6-7,9-10H,1,3-4H2. The van der Waals surface area contributed by atoms with Crippen LogP contribution in [0.25, 0.3) is 0 Å². The fraction of sp³-hybridized carbons (Fsp3) is 0.636. The molecule has 0 aromatic heterocycles. The lowest BCUT2D eigenvalue weighted by molar-refractivity contribution is -0.149. The molecule has 5 atom stereocenters. The average Bonchev–Trinajstić information content (AvgIpc) is 2.89. The zero-order valence-corrected chi connectivity index (χ0v) is 10.2. The predicted octanol–water partition coefficient (Wildman–Crippen LogP) is 0.115. The molecule has 1 aliphatic heterocycles. The normalized spacial score (nSPS) is 46.6. The first kappa shape index (κ1) is 11.7. The Bertz CT molecular complexity index is 577. The molecule has 6 nitrogen and oxygen atoms in total. The Morgan fingerprint density at radius 1 is 1.61 bits per heavy atom. The first-order chi connectivity index (χ1) is 8.45. The molecule has 2 bridgehead atoms. The van der Waals surface area contributed by atoms with Crippen molar-refractivity contribution in [2.45, 2.75) is 29.8 Å². The summed E-state index contributed by atoms with van der Waals surface area (Å²) in [6.45, 7) is 3.30. The van der Waals surface area contributed by atoms with E-state index in [0.29, 0.717) is 6.42 Å². The van der Waals surface area contributed by atoms with Gasteiger partial charge in [-0.1, -0.05) is 6.58 Å². The first-order valence-electron chi connectivity index (χ1n) is 5.62. The van der Waals surface area contributed by atoms with E-state index < -0.39 is 33.0 Å². The van der Waals surface area contributed by atoms with Gasteiger partial charge in [-0.05, 0) is 12.8 Å². The molecule has 0 spiro atoms. The van der Waals surface area contributed by atoms with Crippen LogP contribution in [0, 0.1) is 23.2 Å². The van der Waals surface area contributed by atoms with Gasteiger partial charge in [-0.3, -0.25) is 4.18 Å². The summed E-state index contributed by atoms with van der Waals surface area (Å²) in [6, 6.07) is 1.90. The Kier molecular flexibility index (Phi) is 2.17. The summed E-state index contributed by atoms with van der Waals surface area (Å²) in [5, 5.41) is 9.18. The van der Waals surface area contributed by atoms with Crippen molar-refractivity contribution in [1.29, 1.82) is 5.26 Å². The van der Waals surface area contributed by atoms with Crippen molar-refractivity contribution in [3.8, 4) is 6.07 Å². The largest absolute Gasteiger partial charge is 0.456 e. The SMILES string of the molecule is C=CC(=O)OC1C2CC3C1OS(=O)(=O)C3(C#N)C2. The molecule has 0 aromatic carbocycles. The van der Waals surface area contributed by atoms with Crippen molar-refractivity contribution in [2.24, 2.45) is 11.8 Å². The average molecular weight is 269 g/mol. The van der Waals surface area contributed by atoms with E-state index in [2.05, 4.69) is 6.58 Å². The lowest BCUT2D eigenvalue weighted by Gasteiger charge is -2.27. The van der Waals surface area contributed by atoms with E-state index in [0.717, 1.165) is 6.08 Å². The molecule has 0 amide bonds. The summed E-state index contributed by atoms with van der Waals surface area (Å²) in [5.41, 5.74) is 0. The van der Waals surface area contributed by atoms with Gasteiger partial charge in [-0.25, -0.2) is 4.79 Å². The third-order valence-electron chi connectivity index (χ3n) is 4.20. The van der Waals surface area contributed by atoms with Gasteiger partial charge in [0.15, 0.2) is 4.75 Å². The number of fused-ring (bicyclic) bond motifs is 1. The second kappa shape index (κ2) is 3.33. The van der Waals surface area contributed by atoms with Crippen LogP contribution in [-0.2, 0) is 23.8 Å². The Morgan fingerprint density at radius 2 is 2.33 bits per heavy atom. The minimum Gasteiger partial charge on any atom is -0.456 e. The van der Waals surface area contributed by atoms with Crippen LogP contribution >= 0.6 is 0 Å². The van der Waals surface area contributed by atoms with Crippen molar-refractivity contribution in [2.75, 3.05) is 0 Å². The second-order valence-corrected chi connectivity index (χ2v) is 6.76. The number of nitrogens with zero attached hydrogens (tertiary/aromatic N) is 1. The molecule has 3 aliphatic rings. The van der Waals surface area contributed by atoms with Crippen molar-refractivity contribution in [1.82, 2.24) is 0 Å². The zero-order valence-electron chi connectivity index (χ0n) is 9.40. The van der Waals surface area contributed by atoms with Gasteiger partial charge in [0.05, 0.1) is 6.07 Å². The van der Waals surface area contributed by atoms with Gasteiger partial charge in [0.25, 0.3) is 10.1 Å². The summed E-state index contributed by atoms with van der Waals surface area (Å²) >= 11 is 0. The minimum absolute atomic E-state index is 0.124. The molecular weight excluding hydrogens is 258 g/mol. The van der Waals surface area contributed by atoms with E-state index in [1.807, 2.05) is 6.07 Å². The topological polar surface area (TPSA) is 93.5 Å². The molecule has 0 N–H and O–H groups in total. The maximum Gasteiger partial charge on any atom is 0.330 e. The first-order valence-corrected chi connectivity index (χ1v) is 7.03. The molecule has 0 radical (unpaired) electrons. The number of ether oxygens (including phenoxy) is 1. The molecule has 2 saturated carbocycles. The van der Waals surface area contributed by atoms with Crippen LogP contribution in [0.15, 0.2) is 12.7 Å². The molecule has 3 fully saturated rings. The predicted molar refractivity (Wildman–Crippen MR) is 58.4 cm³/mol. The summed E-state index contributed by atoms with van der Waals surface area (Å²) in [5.74, 6) is -1.11. The smallest absolute Gasteiger partial charge is 0.330 e.